The topological polar surface area (TPSA) is 92.5 Å². The maximum Gasteiger partial charge on any atom is 0.293 e. The second-order valence-electron chi connectivity index (χ2n) is 5.13. The molecule has 1 aromatic carbocycles. The van der Waals surface area contributed by atoms with E-state index in [4.69, 9.17) is 4.42 Å². The molecule has 1 N–H and O–H groups in total. The normalized spacial score (nSPS) is 12.0. The zero-order valence-corrected chi connectivity index (χ0v) is 16.5. The highest BCUT2D eigenvalue weighted by molar-refractivity contribution is 9.10. The number of hydrogen-bond acceptors (Lipinski definition) is 6. The number of thiazole rings is 1. The van der Waals surface area contributed by atoms with Crippen molar-refractivity contribution < 1.29 is 17.6 Å². The van der Waals surface area contributed by atoms with Gasteiger partial charge in [0.1, 0.15) is 0 Å². The first-order valence-electron chi connectivity index (χ1n) is 7.25. The van der Waals surface area contributed by atoms with E-state index < -0.39 is 15.9 Å². The van der Waals surface area contributed by atoms with Crippen molar-refractivity contribution in [2.75, 3.05) is 18.9 Å². The Morgan fingerprint density at radius 3 is 2.76 bits per heavy atom. The molecule has 0 fully saturated rings. The number of carbonyl (C=O) groups is 1. The van der Waals surface area contributed by atoms with Crippen LogP contribution in [0.25, 0.3) is 10.2 Å². The maximum absolute atomic E-state index is 12.4. The van der Waals surface area contributed by atoms with Crippen molar-refractivity contribution in [2.24, 2.45) is 0 Å². The largest absolute Gasteiger partial charge is 0.444 e. The van der Waals surface area contributed by atoms with Gasteiger partial charge in [0, 0.05) is 13.6 Å². The first-order chi connectivity index (χ1) is 11.8. The number of anilines is 1. The monoisotopic (exact) mass is 443 g/mol. The predicted molar refractivity (Wildman–Crippen MR) is 99.5 cm³/mol. The van der Waals surface area contributed by atoms with Gasteiger partial charge in [-0.15, -0.1) is 0 Å². The number of amides is 1. The van der Waals surface area contributed by atoms with E-state index in [9.17, 15) is 13.2 Å². The van der Waals surface area contributed by atoms with E-state index in [1.54, 1.807) is 25.1 Å². The van der Waals surface area contributed by atoms with Crippen LogP contribution < -0.4 is 5.32 Å². The third-order valence-corrected chi connectivity index (χ3v) is 6.82. The zero-order chi connectivity index (χ0) is 18.2. The van der Waals surface area contributed by atoms with Crippen LogP contribution >= 0.6 is 27.3 Å². The van der Waals surface area contributed by atoms with Crippen molar-refractivity contribution in [1.29, 1.82) is 0 Å². The third kappa shape index (κ3) is 3.61. The lowest BCUT2D eigenvalue weighted by Crippen LogP contribution is -2.26. The number of aromatic nitrogens is 1. The van der Waals surface area contributed by atoms with Crippen molar-refractivity contribution in [3.8, 4) is 0 Å². The average molecular weight is 444 g/mol. The Balaban J connectivity index is 1.89. The number of fused-ring (bicyclic) bond motifs is 1. The molecular weight excluding hydrogens is 430 g/mol. The summed E-state index contributed by atoms with van der Waals surface area (Å²) >= 11 is 4.33. The number of benzene rings is 1. The first kappa shape index (κ1) is 18.1. The van der Waals surface area contributed by atoms with Crippen molar-refractivity contribution in [2.45, 2.75) is 11.8 Å². The Labute approximate surface area is 156 Å². The number of furan rings is 1. The van der Waals surface area contributed by atoms with Crippen LogP contribution in [0.5, 0.6) is 0 Å². The first-order valence-corrected chi connectivity index (χ1v) is 10.3. The summed E-state index contributed by atoms with van der Waals surface area (Å²) in [5.74, 6) is -0.276. The standard InChI is InChI=1S/C15H14BrN3O4S2/c1-3-19(2)25(21,22)9-4-5-10-12(8-9)24-15(17-10)18-14(20)11-6-7-13(16)23-11/h4-8H,3H2,1-2H3,(H,17,18,20). The molecule has 0 aliphatic heterocycles. The second kappa shape index (κ2) is 6.87. The van der Waals surface area contributed by atoms with E-state index in [2.05, 4.69) is 26.2 Å². The smallest absolute Gasteiger partial charge is 0.293 e. The Morgan fingerprint density at radius 1 is 1.36 bits per heavy atom. The molecule has 0 aliphatic rings. The van der Waals surface area contributed by atoms with Crippen molar-refractivity contribution in [3.05, 3.63) is 40.8 Å². The number of halogens is 1. The molecule has 25 heavy (non-hydrogen) atoms. The summed E-state index contributed by atoms with van der Waals surface area (Å²) in [6.45, 7) is 2.15. The van der Waals surface area contributed by atoms with Crippen LogP contribution in [0, 0.1) is 0 Å². The van der Waals surface area contributed by atoms with Crippen LogP contribution in [0.1, 0.15) is 17.5 Å². The average Bonchev–Trinajstić information content (AvgIpc) is 3.18. The van der Waals surface area contributed by atoms with E-state index in [1.165, 1.54) is 34.8 Å². The van der Waals surface area contributed by atoms with Crippen molar-refractivity contribution in [1.82, 2.24) is 9.29 Å². The molecule has 7 nitrogen and oxygen atoms in total. The molecule has 0 aliphatic carbocycles. The number of hydrogen-bond donors (Lipinski definition) is 1. The number of sulfonamides is 1. The minimum atomic E-state index is -3.53. The quantitative estimate of drug-likeness (QED) is 0.650. The molecule has 0 saturated heterocycles. The molecule has 0 spiro atoms. The summed E-state index contributed by atoms with van der Waals surface area (Å²) in [6.07, 6.45) is 0. The zero-order valence-electron chi connectivity index (χ0n) is 13.3. The van der Waals surface area contributed by atoms with Gasteiger partial charge in [-0.3, -0.25) is 10.1 Å². The molecule has 0 bridgehead atoms. The van der Waals surface area contributed by atoms with E-state index in [1.807, 2.05) is 0 Å². The van der Waals surface area contributed by atoms with Crippen LogP contribution in [0.15, 0.2) is 44.3 Å². The molecule has 132 valence electrons. The Hall–Kier alpha value is -1.75. The minimum Gasteiger partial charge on any atom is -0.444 e. The van der Waals surface area contributed by atoms with E-state index >= 15 is 0 Å². The van der Waals surface area contributed by atoms with Gasteiger partial charge in [-0.2, -0.15) is 0 Å². The summed E-state index contributed by atoms with van der Waals surface area (Å²) in [4.78, 5) is 16.6. The molecule has 2 heterocycles. The lowest BCUT2D eigenvalue weighted by atomic mass is 10.3. The molecule has 3 aromatic rings. The van der Waals surface area contributed by atoms with Gasteiger partial charge in [-0.05, 0) is 46.3 Å². The van der Waals surface area contributed by atoms with E-state index in [0.717, 1.165) is 0 Å². The number of carbonyl (C=O) groups excluding carboxylic acids is 1. The fourth-order valence-electron chi connectivity index (χ4n) is 2.06. The van der Waals surface area contributed by atoms with Gasteiger partial charge in [0.05, 0.1) is 15.1 Å². The summed E-state index contributed by atoms with van der Waals surface area (Å²) in [5, 5.41) is 3.01. The summed E-state index contributed by atoms with van der Waals surface area (Å²) < 4.78 is 32.4. The minimum absolute atomic E-state index is 0.152. The van der Waals surface area contributed by atoms with Crippen molar-refractivity contribution in [3.63, 3.8) is 0 Å². The molecular formula is C15H14BrN3O4S2. The molecule has 1 amide bonds. The van der Waals surface area contributed by atoms with Crippen LogP contribution in [0.3, 0.4) is 0 Å². The highest BCUT2D eigenvalue weighted by Crippen LogP contribution is 2.29. The molecule has 0 unspecified atom stereocenters. The van der Waals surface area contributed by atoms with Gasteiger partial charge in [0.15, 0.2) is 15.6 Å². The van der Waals surface area contributed by atoms with Gasteiger partial charge in [-0.1, -0.05) is 18.3 Å². The van der Waals surface area contributed by atoms with Gasteiger partial charge in [-0.25, -0.2) is 17.7 Å². The molecule has 0 radical (unpaired) electrons. The van der Waals surface area contributed by atoms with Crippen LogP contribution in [0.2, 0.25) is 0 Å². The lowest BCUT2D eigenvalue weighted by molar-refractivity contribution is 0.0995. The Kier molecular flexibility index (Phi) is 4.96. The maximum atomic E-state index is 12.4. The van der Waals surface area contributed by atoms with Crippen LogP contribution in [-0.4, -0.2) is 37.2 Å². The lowest BCUT2D eigenvalue weighted by Gasteiger charge is -2.14. The Bertz CT molecular complexity index is 1040. The summed E-state index contributed by atoms with van der Waals surface area (Å²) in [6, 6.07) is 7.86. The van der Waals surface area contributed by atoms with E-state index in [0.29, 0.717) is 26.6 Å². The summed E-state index contributed by atoms with van der Waals surface area (Å²) in [5.41, 5.74) is 0.610. The second-order valence-corrected chi connectivity index (χ2v) is 8.98. The van der Waals surface area contributed by atoms with Crippen LogP contribution in [0.4, 0.5) is 5.13 Å². The van der Waals surface area contributed by atoms with Gasteiger partial charge in [0.2, 0.25) is 10.0 Å². The van der Waals surface area contributed by atoms with E-state index in [-0.39, 0.29) is 10.7 Å². The predicted octanol–water partition coefficient (Wildman–Crippen LogP) is 3.54. The molecule has 2 aromatic heterocycles. The molecule has 0 atom stereocenters. The number of nitrogens with zero attached hydrogens (tertiary/aromatic N) is 2. The molecule has 3 rings (SSSR count). The highest BCUT2D eigenvalue weighted by Gasteiger charge is 2.20. The van der Waals surface area contributed by atoms with Gasteiger partial charge in [0.25, 0.3) is 5.91 Å². The summed E-state index contributed by atoms with van der Waals surface area (Å²) in [7, 11) is -2.00. The molecule has 0 saturated carbocycles. The number of rotatable bonds is 5. The third-order valence-electron chi connectivity index (χ3n) is 3.53. The fourth-order valence-corrected chi connectivity index (χ4v) is 4.55. The van der Waals surface area contributed by atoms with Gasteiger partial charge < -0.3 is 4.42 Å². The van der Waals surface area contributed by atoms with Crippen molar-refractivity contribution >= 4 is 58.5 Å². The van der Waals surface area contributed by atoms with Crippen LogP contribution in [-0.2, 0) is 10.0 Å². The fraction of sp³-hybridized carbons (Fsp3) is 0.200. The highest BCUT2D eigenvalue weighted by atomic mass is 79.9. The SMILES string of the molecule is CCN(C)S(=O)(=O)c1ccc2nc(NC(=O)c3ccc(Br)o3)sc2c1. The Morgan fingerprint density at radius 2 is 2.12 bits per heavy atom. The number of nitrogens with one attached hydrogen (secondary N) is 1. The van der Waals surface area contributed by atoms with Gasteiger partial charge >= 0.3 is 0 Å². The molecule has 10 heteroatoms.